The number of hydrogen-bond donors (Lipinski definition) is 3. The minimum Gasteiger partial charge on any atom is -0.433 e. The van der Waals surface area contributed by atoms with Gasteiger partial charge in [-0.15, -0.1) is 0 Å². The van der Waals surface area contributed by atoms with E-state index in [-0.39, 0.29) is 24.7 Å². The first-order valence-electron chi connectivity index (χ1n) is 19.8. The molecule has 3 aliphatic heterocycles. The molecule has 4 heterocycles. The van der Waals surface area contributed by atoms with Crippen LogP contribution in [-0.4, -0.2) is 99.2 Å². The van der Waals surface area contributed by atoms with Crippen molar-refractivity contribution in [1.29, 1.82) is 0 Å². The molecule has 0 amide bonds. The van der Waals surface area contributed by atoms with E-state index in [9.17, 15) is 14.4 Å². The normalized spacial score (nSPS) is 23.7. The third-order valence-electron chi connectivity index (χ3n) is 11.2. The molecule has 0 aliphatic carbocycles. The van der Waals surface area contributed by atoms with E-state index in [1.807, 2.05) is 36.4 Å². The van der Waals surface area contributed by atoms with Gasteiger partial charge in [-0.3, -0.25) is 19.2 Å². The number of nitrogens with one attached hydrogen (secondary N) is 3. The quantitative estimate of drug-likeness (QED) is 0.165. The van der Waals surface area contributed by atoms with E-state index >= 15 is 0 Å². The summed E-state index contributed by atoms with van der Waals surface area (Å²) in [6.45, 7) is 13.0. The van der Waals surface area contributed by atoms with Crippen LogP contribution in [-0.2, 0) is 18.6 Å². The van der Waals surface area contributed by atoms with Gasteiger partial charge in [-0.05, 0) is 61.1 Å². The summed E-state index contributed by atoms with van der Waals surface area (Å²) >= 11 is 0. The zero-order chi connectivity index (χ0) is 38.1. The van der Waals surface area contributed by atoms with Gasteiger partial charge >= 0.3 is 11.8 Å². The highest BCUT2D eigenvalue weighted by atomic mass is 28.4. The second-order valence-electron chi connectivity index (χ2n) is 16.1. The highest BCUT2D eigenvalue weighted by Gasteiger charge is 2.51. The number of aryl methyl sites for hydroxylation is 1. The number of aromatic nitrogens is 2. The predicted molar refractivity (Wildman–Crippen MR) is 212 cm³/mol. The maximum absolute atomic E-state index is 13.4. The van der Waals surface area contributed by atoms with Gasteiger partial charge in [0, 0.05) is 49.9 Å². The molecule has 0 radical (unpaired) electrons. The Morgan fingerprint density at radius 3 is 2.04 bits per heavy atom. The number of piperidine rings is 2. The summed E-state index contributed by atoms with van der Waals surface area (Å²) in [6.07, 6.45) is 5.79. The molecule has 0 bridgehead atoms. The van der Waals surface area contributed by atoms with Crippen molar-refractivity contribution in [1.82, 2.24) is 25.1 Å². The lowest BCUT2D eigenvalue weighted by molar-refractivity contribution is -0.0553. The van der Waals surface area contributed by atoms with Crippen molar-refractivity contribution in [3.8, 4) is 0 Å². The van der Waals surface area contributed by atoms with Crippen LogP contribution in [0.5, 0.6) is 0 Å². The molecule has 13 heteroatoms. The van der Waals surface area contributed by atoms with Gasteiger partial charge in [0.15, 0.2) is 0 Å². The standard InChI is InChI=1S/C41H59N5O7Si/c1-30-26-46(39(48)44-38(30)47)37-25-35(53-40(49)50-24-23-45(27-31-15-11-13-21-42-31)28-32-16-12-14-22-43-32)36(52-37)29-51-54(41(2,3)4,33-17-7-5-8-18-33)34-19-9-6-10-20-34/h5-10,17-20,26,31-32,35-37,42-43H,11-16,21-25,27-29H2,1-4H3,(H,44,47,48)/t31?,32?,35-,36+,37+/m0/s1. The number of hydrogen-bond acceptors (Lipinski definition) is 10. The lowest BCUT2D eigenvalue weighted by atomic mass is 10.0. The highest BCUT2D eigenvalue weighted by molar-refractivity contribution is 6.99. The van der Waals surface area contributed by atoms with Crippen LogP contribution in [0.2, 0.25) is 5.04 Å². The smallest absolute Gasteiger partial charge is 0.433 e. The predicted octanol–water partition coefficient (Wildman–Crippen LogP) is 3.82. The highest BCUT2D eigenvalue weighted by Crippen LogP contribution is 2.38. The summed E-state index contributed by atoms with van der Waals surface area (Å²) in [7, 11) is -2.97. The van der Waals surface area contributed by atoms with Crippen molar-refractivity contribution in [2.45, 2.75) is 108 Å². The Labute approximate surface area is 320 Å². The summed E-state index contributed by atoms with van der Waals surface area (Å²) in [4.78, 5) is 43.4. The Bertz CT molecular complexity index is 1690. The van der Waals surface area contributed by atoms with Gasteiger partial charge in [-0.1, -0.05) is 94.3 Å². The van der Waals surface area contributed by atoms with Crippen molar-refractivity contribution < 1.29 is 23.4 Å². The third kappa shape index (κ3) is 9.79. The van der Waals surface area contributed by atoms with E-state index in [0.29, 0.717) is 24.2 Å². The van der Waals surface area contributed by atoms with Crippen LogP contribution < -0.4 is 32.3 Å². The van der Waals surface area contributed by atoms with Gasteiger partial charge < -0.3 is 29.3 Å². The minimum absolute atomic E-state index is 0.107. The van der Waals surface area contributed by atoms with Crippen molar-refractivity contribution in [2.75, 3.05) is 45.9 Å². The topological polar surface area (TPSA) is 136 Å². The van der Waals surface area contributed by atoms with Crippen LogP contribution in [0, 0.1) is 6.92 Å². The van der Waals surface area contributed by atoms with Crippen LogP contribution in [0.4, 0.5) is 4.79 Å². The molecule has 294 valence electrons. The molecule has 3 aromatic rings. The van der Waals surface area contributed by atoms with Gasteiger partial charge in [-0.25, -0.2) is 9.59 Å². The summed E-state index contributed by atoms with van der Waals surface area (Å²) in [5.74, 6) is 0. The molecule has 12 nitrogen and oxygen atoms in total. The minimum atomic E-state index is -2.97. The molecule has 3 fully saturated rings. The third-order valence-corrected chi connectivity index (χ3v) is 16.2. The van der Waals surface area contributed by atoms with Gasteiger partial charge in [0.1, 0.15) is 25.0 Å². The second kappa shape index (κ2) is 18.4. The molecule has 0 saturated carbocycles. The largest absolute Gasteiger partial charge is 0.508 e. The number of carbonyl (C=O) groups is 1. The summed E-state index contributed by atoms with van der Waals surface area (Å²) < 4.78 is 26.8. The zero-order valence-corrected chi connectivity index (χ0v) is 33.4. The van der Waals surface area contributed by atoms with Gasteiger partial charge in [0.2, 0.25) is 0 Å². The molecular weight excluding hydrogens is 703 g/mol. The number of rotatable bonds is 14. The number of ether oxygens (including phenoxy) is 3. The fourth-order valence-corrected chi connectivity index (χ4v) is 12.9. The van der Waals surface area contributed by atoms with E-state index in [1.165, 1.54) is 36.4 Å². The number of aromatic amines is 1. The Morgan fingerprint density at radius 1 is 0.907 bits per heavy atom. The van der Waals surface area contributed by atoms with Gasteiger partial charge in [0.05, 0.1) is 6.61 Å². The van der Waals surface area contributed by atoms with Crippen molar-refractivity contribution in [3.05, 3.63) is 93.3 Å². The summed E-state index contributed by atoms with van der Waals surface area (Å²) in [5.41, 5.74) is -0.672. The average Bonchev–Trinajstić information content (AvgIpc) is 3.56. The molecule has 1 aromatic heterocycles. The fraction of sp³-hybridized carbons (Fsp3) is 0.585. The molecule has 3 saturated heterocycles. The number of H-pyrrole nitrogens is 1. The maximum Gasteiger partial charge on any atom is 0.508 e. The van der Waals surface area contributed by atoms with E-state index in [1.54, 1.807) is 6.92 Å². The molecular formula is C41H59N5O7Si. The Kier molecular flexibility index (Phi) is 13.6. The van der Waals surface area contributed by atoms with Gasteiger partial charge in [0.25, 0.3) is 13.9 Å². The zero-order valence-electron chi connectivity index (χ0n) is 32.4. The maximum atomic E-state index is 13.4. The Morgan fingerprint density at radius 2 is 1.50 bits per heavy atom. The first-order valence-corrected chi connectivity index (χ1v) is 21.7. The second-order valence-corrected chi connectivity index (χ2v) is 20.4. The molecule has 2 aromatic carbocycles. The first-order chi connectivity index (χ1) is 26.0. The first kappa shape index (κ1) is 40.1. The van der Waals surface area contributed by atoms with Crippen molar-refractivity contribution in [2.24, 2.45) is 0 Å². The van der Waals surface area contributed by atoms with Gasteiger partial charge in [-0.2, -0.15) is 0 Å². The fourth-order valence-electron chi connectivity index (χ4n) is 8.37. The van der Waals surface area contributed by atoms with E-state index in [2.05, 4.69) is 65.6 Å². The summed E-state index contributed by atoms with van der Waals surface area (Å²) in [5, 5.41) is 9.25. The molecule has 3 N–H and O–H groups in total. The van der Waals surface area contributed by atoms with Crippen LogP contribution >= 0.6 is 0 Å². The lowest BCUT2D eigenvalue weighted by Gasteiger charge is -2.43. The van der Waals surface area contributed by atoms with E-state index < -0.39 is 44.2 Å². The Hall–Kier alpha value is -3.59. The van der Waals surface area contributed by atoms with Crippen molar-refractivity contribution >= 4 is 24.8 Å². The van der Waals surface area contributed by atoms with Crippen molar-refractivity contribution in [3.63, 3.8) is 0 Å². The van der Waals surface area contributed by atoms with E-state index in [0.717, 1.165) is 49.4 Å². The van der Waals surface area contributed by atoms with Crippen LogP contribution in [0.3, 0.4) is 0 Å². The number of nitrogens with zero attached hydrogens (tertiary/aromatic N) is 2. The SMILES string of the molecule is Cc1cn([C@H]2C[C@H](OC(=O)OCCN(CC3CCCCN3)CC3CCCCN3)[C@@H](CO[Si](c3ccccc3)(c3ccccc3)C(C)(C)C)O2)c(=O)[nH]c1=O. The molecule has 54 heavy (non-hydrogen) atoms. The molecule has 3 aliphatic rings. The molecule has 6 rings (SSSR count). The molecule has 2 unspecified atom stereocenters. The van der Waals surface area contributed by atoms with Crippen LogP contribution in [0.1, 0.15) is 77.5 Å². The number of benzene rings is 2. The van der Waals surface area contributed by atoms with Crippen LogP contribution in [0.15, 0.2) is 76.4 Å². The number of carbonyl (C=O) groups excluding carboxylic acids is 1. The Balaban J connectivity index is 1.19. The van der Waals surface area contributed by atoms with Crippen LogP contribution in [0.25, 0.3) is 0 Å². The summed E-state index contributed by atoms with van der Waals surface area (Å²) in [6, 6.07) is 21.5. The van der Waals surface area contributed by atoms with E-state index in [4.69, 9.17) is 18.6 Å². The average molecular weight is 762 g/mol. The molecule has 5 atom stereocenters. The monoisotopic (exact) mass is 761 g/mol. The lowest BCUT2D eigenvalue weighted by Crippen LogP contribution is -2.67. The molecule has 0 spiro atoms.